The van der Waals surface area contributed by atoms with Crippen LogP contribution in [0.3, 0.4) is 0 Å². The second-order valence-electron chi connectivity index (χ2n) is 6.88. The zero-order valence-electron chi connectivity index (χ0n) is 14.4. The van der Waals surface area contributed by atoms with Crippen LogP contribution < -0.4 is 10.0 Å². The quantitative estimate of drug-likeness (QED) is 0.811. The number of rotatable bonds is 5. The van der Waals surface area contributed by atoms with E-state index in [0.717, 1.165) is 36.4 Å². The van der Waals surface area contributed by atoms with Crippen LogP contribution in [0.2, 0.25) is 0 Å². The summed E-state index contributed by atoms with van der Waals surface area (Å²) in [5, 5.41) is 9.39. The molecule has 1 aliphatic rings. The lowest BCUT2D eigenvalue weighted by Crippen LogP contribution is -2.56. The number of hydrogen-bond donors (Lipinski definition) is 1. The number of nitrogens with zero attached hydrogens (tertiary/aromatic N) is 6. The van der Waals surface area contributed by atoms with Gasteiger partial charge in [-0.15, -0.1) is 0 Å². The third-order valence-electron chi connectivity index (χ3n) is 4.59. The maximum absolute atomic E-state index is 11.3. The summed E-state index contributed by atoms with van der Waals surface area (Å²) in [5.41, 5.74) is 1.79. The molecule has 0 atom stereocenters. The van der Waals surface area contributed by atoms with Crippen molar-refractivity contribution in [1.29, 1.82) is 0 Å². The second kappa shape index (κ2) is 5.64. The van der Waals surface area contributed by atoms with Gasteiger partial charge in [-0.25, -0.2) is 15.1 Å². The van der Waals surface area contributed by atoms with Gasteiger partial charge in [0.15, 0.2) is 5.82 Å². The molecule has 0 aliphatic carbocycles. The van der Waals surface area contributed by atoms with Crippen LogP contribution >= 0.6 is 0 Å². The number of anilines is 1. The predicted molar refractivity (Wildman–Crippen MR) is 91.7 cm³/mol. The van der Waals surface area contributed by atoms with Crippen molar-refractivity contribution in [3.8, 4) is 0 Å². The highest BCUT2D eigenvalue weighted by atomic mass is 32.2. The topological polar surface area (TPSA) is 110 Å². The Morgan fingerprint density at radius 1 is 1.38 bits per heavy atom. The van der Waals surface area contributed by atoms with Gasteiger partial charge < -0.3 is 4.90 Å². The number of aryl methyl sites for hydroxylation is 2. The largest absolute Gasteiger partial charge is 0.353 e. The zero-order chi connectivity index (χ0) is 17.7. The molecule has 0 saturated carbocycles. The minimum Gasteiger partial charge on any atom is -0.353 e. The van der Waals surface area contributed by atoms with E-state index >= 15 is 0 Å². The molecule has 2 aromatic heterocycles. The normalized spacial score (nSPS) is 17.5. The minimum absolute atomic E-state index is 0.0305. The Balaban J connectivity index is 1.73. The molecule has 0 amide bonds. The fourth-order valence-corrected chi connectivity index (χ4v) is 3.48. The predicted octanol–water partition coefficient (Wildman–Crippen LogP) is 0.0234. The van der Waals surface area contributed by atoms with E-state index in [-0.39, 0.29) is 5.41 Å². The molecule has 0 aromatic carbocycles. The first-order chi connectivity index (χ1) is 11.1. The summed E-state index contributed by atoms with van der Waals surface area (Å²) in [4.78, 5) is 11.2. The molecular formula is C14H23N7O2S. The van der Waals surface area contributed by atoms with Crippen LogP contribution in [0.5, 0.6) is 0 Å². The van der Waals surface area contributed by atoms with E-state index in [9.17, 15) is 8.42 Å². The highest BCUT2D eigenvalue weighted by molar-refractivity contribution is 7.86. The summed E-state index contributed by atoms with van der Waals surface area (Å²) in [6.07, 6.45) is 2.49. The molecule has 0 radical (unpaired) electrons. The van der Waals surface area contributed by atoms with Crippen molar-refractivity contribution in [1.82, 2.24) is 24.1 Å². The molecule has 0 unspecified atom stereocenters. The zero-order valence-corrected chi connectivity index (χ0v) is 15.2. The molecule has 0 bridgehead atoms. The lowest BCUT2D eigenvalue weighted by Gasteiger charge is -2.49. The van der Waals surface area contributed by atoms with Crippen LogP contribution in [0.15, 0.2) is 6.20 Å². The number of aromatic nitrogens is 4. The molecule has 1 fully saturated rings. The summed E-state index contributed by atoms with van der Waals surface area (Å²) >= 11 is 0. The number of nitrogens with two attached hydrogens (primary N) is 1. The van der Waals surface area contributed by atoms with Gasteiger partial charge >= 0.3 is 0 Å². The third-order valence-corrected chi connectivity index (χ3v) is 5.64. The fraction of sp³-hybridized carbons (Fsp3) is 0.643. The maximum Gasteiger partial charge on any atom is 0.276 e. The molecule has 1 aliphatic heterocycles. The van der Waals surface area contributed by atoms with Crippen molar-refractivity contribution < 1.29 is 8.42 Å². The van der Waals surface area contributed by atoms with Crippen LogP contribution in [0.4, 0.5) is 5.82 Å². The summed E-state index contributed by atoms with van der Waals surface area (Å²) in [6.45, 7) is 6.04. The lowest BCUT2D eigenvalue weighted by atomic mass is 9.79. The summed E-state index contributed by atoms with van der Waals surface area (Å²) in [7, 11) is -0.238. The first-order valence-electron chi connectivity index (χ1n) is 7.74. The summed E-state index contributed by atoms with van der Waals surface area (Å²) in [6, 6.07) is 0. The van der Waals surface area contributed by atoms with E-state index in [0.29, 0.717) is 12.4 Å². The second-order valence-corrected chi connectivity index (χ2v) is 8.53. The van der Waals surface area contributed by atoms with Gasteiger partial charge in [0.05, 0.1) is 6.20 Å². The van der Waals surface area contributed by atoms with Crippen LogP contribution in [0, 0.1) is 12.3 Å². The fourth-order valence-electron chi connectivity index (χ4n) is 3.13. The summed E-state index contributed by atoms with van der Waals surface area (Å²) in [5.74, 6) is 1.60. The van der Waals surface area contributed by atoms with Gasteiger partial charge in [0.25, 0.3) is 10.2 Å². The highest BCUT2D eigenvalue weighted by Gasteiger charge is 2.40. The Kier molecular flexibility index (Phi) is 4.01. The van der Waals surface area contributed by atoms with E-state index in [2.05, 4.69) is 26.9 Å². The Labute approximate surface area is 141 Å². The van der Waals surface area contributed by atoms with E-state index in [1.165, 1.54) is 11.4 Å². The van der Waals surface area contributed by atoms with Crippen LogP contribution in [-0.2, 0) is 17.3 Å². The number of hydrogen-bond acceptors (Lipinski definition) is 6. The molecule has 24 heavy (non-hydrogen) atoms. The maximum atomic E-state index is 11.3. The standard InChI is InChI=1S/C14H23N7O2S/c1-10-17-11-7-16-20(4)12(11)13(18-10)21-8-14(2,9-21)5-6-19(3)24(15,22)23/h7H,5-6,8-9H2,1-4H3,(H2,15,22,23). The van der Waals surface area contributed by atoms with E-state index in [1.807, 2.05) is 14.0 Å². The minimum atomic E-state index is -3.62. The van der Waals surface area contributed by atoms with Crippen molar-refractivity contribution in [3.63, 3.8) is 0 Å². The van der Waals surface area contributed by atoms with Gasteiger partial charge in [-0.2, -0.15) is 17.8 Å². The Morgan fingerprint density at radius 2 is 2.04 bits per heavy atom. The molecule has 3 heterocycles. The molecule has 10 heteroatoms. The van der Waals surface area contributed by atoms with Gasteiger partial charge in [-0.1, -0.05) is 6.92 Å². The molecule has 132 valence electrons. The smallest absolute Gasteiger partial charge is 0.276 e. The SMILES string of the molecule is Cc1nc(N2CC(C)(CCN(C)S(N)(=O)=O)C2)c2c(cnn2C)n1. The van der Waals surface area contributed by atoms with Gasteiger partial charge in [-0.05, 0) is 13.3 Å². The average Bonchev–Trinajstić information content (AvgIpc) is 2.81. The van der Waals surface area contributed by atoms with Gasteiger partial charge in [0.2, 0.25) is 0 Å². The van der Waals surface area contributed by atoms with Crippen molar-refractivity contribution in [2.45, 2.75) is 20.3 Å². The first-order valence-corrected chi connectivity index (χ1v) is 9.25. The molecule has 9 nitrogen and oxygen atoms in total. The van der Waals surface area contributed by atoms with Gasteiger partial charge in [-0.3, -0.25) is 4.68 Å². The van der Waals surface area contributed by atoms with Crippen molar-refractivity contribution in [2.75, 3.05) is 31.6 Å². The molecule has 0 spiro atoms. The highest BCUT2D eigenvalue weighted by Crippen LogP contribution is 2.38. The van der Waals surface area contributed by atoms with E-state index < -0.39 is 10.2 Å². The molecule has 3 rings (SSSR count). The van der Waals surface area contributed by atoms with Crippen LogP contribution in [-0.4, -0.2) is 59.2 Å². The first kappa shape index (κ1) is 17.1. The Bertz CT molecular complexity index is 871. The van der Waals surface area contributed by atoms with Crippen molar-refractivity contribution >= 4 is 27.1 Å². The van der Waals surface area contributed by atoms with Crippen LogP contribution in [0.1, 0.15) is 19.2 Å². The van der Waals surface area contributed by atoms with Crippen molar-refractivity contribution in [2.24, 2.45) is 17.6 Å². The van der Waals surface area contributed by atoms with E-state index in [4.69, 9.17) is 5.14 Å². The Hall–Kier alpha value is -1.78. The Morgan fingerprint density at radius 3 is 2.67 bits per heavy atom. The van der Waals surface area contributed by atoms with Crippen molar-refractivity contribution in [3.05, 3.63) is 12.0 Å². The molecule has 1 saturated heterocycles. The van der Waals surface area contributed by atoms with Crippen LogP contribution in [0.25, 0.3) is 11.0 Å². The lowest BCUT2D eigenvalue weighted by molar-refractivity contribution is 0.208. The molecule has 2 aromatic rings. The van der Waals surface area contributed by atoms with Gasteiger partial charge in [0.1, 0.15) is 16.9 Å². The van der Waals surface area contributed by atoms with Gasteiger partial charge in [0, 0.05) is 39.1 Å². The summed E-state index contributed by atoms with van der Waals surface area (Å²) < 4.78 is 25.6. The third kappa shape index (κ3) is 3.08. The molecule has 2 N–H and O–H groups in total. The number of fused-ring (bicyclic) bond motifs is 1. The monoisotopic (exact) mass is 353 g/mol. The average molecular weight is 353 g/mol. The molecular weight excluding hydrogens is 330 g/mol. The van der Waals surface area contributed by atoms with E-state index in [1.54, 1.807) is 10.9 Å².